The first-order valence-corrected chi connectivity index (χ1v) is 5.08. The van der Waals surface area contributed by atoms with Crippen LogP contribution in [0.2, 0.25) is 0 Å². The first-order chi connectivity index (χ1) is 7.15. The number of hydrogen-bond donors (Lipinski definition) is 2. The Morgan fingerprint density at radius 1 is 1.67 bits per heavy atom. The van der Waals surface area contributed by atoms with Crippen LogP contribution in [0.4, 0.5) is 0 Å². The van der Waals surface area contributed by atoms with Gasteiger partial charge in [0.05, 0.1) is 6.04 Å². The van der Waals surface area contributed by atoms with Gasteiger partial charge < -0.3 is 11.1 Å². The maximum atomic E-state index is 11.4. The molecule has 3 N–H and O–H groups in total. The standard InChI is InChI=1S/C11H17N3O/c1-3-10(12)11(15)14-7-9-4-5-13-6-8(9)2/h4-6,10H,3,7,12H2,1-2H3,(H,14,15)/t10-/m0/s1. The second-order valence-electron chi connectivity index (χ2n) is 3.53. The molecular formula is C11H17N3O. The van der Waals surface area contributed by atoms with Crippen LogP contribution in [0.3, 0.4) is 0 Å². The van der Waals surface area contributed by atoms with E-state index < -0.39 is 6.04 Å². The van der Waals surface area contributed by atoms with Gasteiger partial charge in [-0.1, -0.05) is 6.92 Å². The molecular weight excluding hydrogens is 190 g/mol. The molecule has 1 atom stereocenters. The predicted molar refractivity (Wildman–Crippen MR) is 59.1 cm³/mol. The predicted octanol–water partition coefficient (Wildman–Crippen LogP) is 0.744. The van der Waals surface area contributed by atoms with Crippen LogP contribution in [0.1, 0.15) is 24.5 Å². The molecule has 0 aliphatic carbocycles. The van der Waals surface area contributed by atoms with Gasteiger partial charge in [0.25, 0.3) is 0 Å². The van der Waals surface area contributed by atoms with Crippen LogP contribution in [0.15, 0.2) is 18.5 Å². The highest BCUT2D eigenvalue weighted by Crippen LogP contribution is 2.04. The highest BCUT2D eigenvalue weighted by molar-refractivity contribution is 5.81. The van der Waals surface area contributed by atoms with Gasteiger partial charge in [-0.2, -0.15) is 0 Å². The van der Waals surface area contributed by atoms with Crippen molar-refractivity contribution < 1.29 is 4.79 Å². The largest absolute Gasteiger partial charge is 0.351 e. The molecule has 15 heavy (non-hydrogen) atoms. The Morgan fingerprint density at radius 2 is 2.40 bits per heavy atom. The average molecular weight is 207 g/mol. The molecule has 1 aromatic rings. The Kier molecular flexibility index (Phi) is 4.24. The van der Waals surface area contributed by atoms with Crippen molar-refractivity contribution in [2.24, 2.45) is 5.73 Å². The second-order valence-corrected chi connectivity index (χ2v) is 3.53. The molecule has 0 bridgehead atoms. The van der Waals surface area contributed by atoms with Crippen molar-refractivity contribution in [3.63, 3.8) is 0 Å². The quantitative estimate of drug-likeness (QED) is 0.765. The molecule has 4 nitrogen and oxygen atoms in total. The van der Waals surface area contributed by atoms with E-state index >= 15 is 0 Å². The second kappa shape index (κ2) is 5.46. The van der Waals surface area contributed by atoms with Gasteiger partial charge in [0.15, 0.2) is 0 Å². The molecule has 0 aliphatic heterocycles. The van der Waals surface area contributed by atoms with Crippen LogP contribution in [0, 0.1) is 6.92 Å². The fourth-order valence-corrected chi connectivity index (χ4v) is 1.20. The minimum atomic E-state index is -0.410. The van der Waals surface area contributed by atoms with E-state index in [2.05, 4.69) is 10.3 Å². The zero-order valence-corrected chi connectivity index (χ0v) is 9.16. The lowest BCUT2D eigenvalue weighted by atomic mass is 10.1. The third-order valence-electron chi connectivity index (χ3n) is 2.37. The maximum Gasteiger partial charge on any atom is 0.237 e. The van der Waals surface area contributed by atoms with E-state index in [1.807, 2.05) is 19.9 Å². The van der Waals surface area contributed by atoms with E-state index in [4.69, 9.17) is 5.73 Å². The molecule has 0 aliphatic rings. The normalized spacial score (nSPS) is 12.2. The molecule has 0 saturated heterocycles. The van der Waals surface area contributed by atoms with Crippen molar-refractivity contribution in [1.29, 1.82) is 0 Å². The summed E-state index contributed by atoms with van der Waals surface area (Å²) in [7, 11) is 0. The summed E-state index contributed by atoms with van der Waals surface area (Å²) in [6.45, 7) is 4.37. The number of rotatable bonds is 4. The summed E-state index contributed by atoms with van der Waals surface area (Å²) in [5.74, 6) is -0.103. The van der Waals surface area contributed by atoms with Crippen molar-refractivity contribution >= 4 is 5.91 Å². The number of nitrogens with two attached hydrogens (primary N) is 1. The zero-order chi connectivity index (χ0) is 11.3. The molecule has 0 fully saturated rings. The van der Waals surface area contributed by atoms with Gasteiger partial charge in [-0.15, -0.1) is 0 Å². The number of pyridine rings is 1. The SMILES string of the molecule is CC[C@H](N)C(=O)NCc1ccncc1C. The summed E-state index contributed by atoms with van der Waals surface area (Å²) in [4.78, 5) is 15.4. The van der Waals surface area contributed by atoms with Gasteiger partial charge in [0, 0.05) is 18.9 Å². The van der Waals surface area contributed by atoms with Crippen LogP contribution in [0.25, 0.3) is 0 Å². The highest BCUT2D eigenvalue weighted by Gasteiger charge is 2.10. The van der Waals surface area contributed by atoms with Crippen LogP contribution < -0.4 is 11.1 Å². The van der Waals surface area contributed by atoms with Gasteiger partial charge in [-0.25, -0.2) is 0 Å². The van der Waals surface area contributed by atoms with Gasteiger partial charge in [0.1, 0.15) is 0 Å². The molecule has 0 unspecified atom stereocenters. The number of hydrogen-bond acceptors (Lipinski definition) is 3. The van der Waals surface area contributed by atoms with Crippen molar-refractivity contribution in [2.45, 2.75) is 32.9 Å². The number of aryl methyl sites for hydroxylation is 1. The number of nitrogens with one attached hydrogen (secondary N) is 1. The molecule has 1 amide bonds. The lowest BCUT2D eigenvalue weighted by Crippen LogP contribution is -2.39. The number of aromatic nitrogens is 1. The van der Waals surface area contributed by atoms with Crippen molar-refractivity contribution in [1.82, 2.24) is 10.3 Å². The summed E-state index contributed by atoms with van der Waals surface area (Å²) in [5.41, 5.74) is 7.74. The summed E-state index contributed by atoms with van der Waals surface area (Å²) >= 11 is 0. The molecule has 0 aromatic carbocycles. The van der Waals surface area contributed by atoms with Crippen molar-refractivity contribution in [3.8, 4) is 0 Å². The Morgan fingerprint density at radius 3 is 3.00 bits per heavy atom. The number of amides is 1. The van der Waals surface area contributed by atoms with E-state index in [0.29, 0.717) is 13.0 Å². The van der Waals surface area contributed by atoms with E-state index in [9.17, 15) is 4.79 Å². The Bertz CT molecular complexity index is 338. The smallest absolute Gasteiger partial charge is 0.237 e. The first-order valence-electron chi connectivity index (χ1n) is 5.08. The minimum absolute atomic E-state index is 0.103. The van der Waals surface area contributed by atoms with E-state index in [0.717, 1.165) is 11.1 Å². The van der Waals surface area contributed by atoms with Crippen LogP contribution >= 0.6 is 0 Å². The van der Waals surface area contributed by atoms with Gasteiger partial charge in [-0.05, 0) is 30.5 Å². The van der Waals surface area contributed by atoms with Crippen molar-refractivity contribution in [2.75, 3.05) is 0 Å². The average Bonchev–Trinajstić information content (AvgIpc) is 2.26. The van der Waals surface area contributed by atoms with Crippen molar-refractivity contribution in [3.05, 3.63) is 29.6 Å². The number of carbonyl (C=O) groups excluding carboxylic acids is 1. The molecule has 1 heterocycles. The topological polar surface area (TPSA) is 68.0 Å². The Labute approximate surface area is 89.9 Å². The van der Waals surface area contributed by atoms with Crippen LogP contribution in [0.5, 0.6) is 0 Å². The van der Waals surface area contributed by atoms with E-state index in [1.165, 1.54) is 0 Å². The third kappa shape index (κ3) is 3.32. The molecule has 1 aromatic heterocycles. The minimum Gasteiger partial charge on any atom is -0.351 e. The van der Waals surface area contributed by atoms with Crippen LogP contribution in [-0.2, 0) is 11.3 Å². The van der Waals surface area contributed by atoms with Gasteiger partial charge in [-0.3, -0.25) is 9.78 Å². The van der Waals surface area contributed by atoms with Gasteiger partial charge in [0.2, 0.25) is 5.91 Å². The van der Waals surface area contributed by atoms with E-state index in [-0.39, 0.29) is 5.91 Å². The Balaban J connectivity index is 2.51. The number of nitrogens with zero attached hydrogens (tertiary/aromatic N) is 1. The lowest BCUT2D eigenvalue weighted by Gasteiger charge is -2.11. The molecule has 1 rings (SSSR count). The summed E-state index contributed by atoms with van der Waals surface area (Å²) in [5, 5.41) is 2.80. The van der Waals surface area contributed by atoms with E-state index in [1.54, 1.807) is 12.4 Å². The number of carbonyl (C=O) groups is 1. The molecule has 82 valence electrons. The zero-order valence-electron chi connectivity index (χ0n) is 9.16. The summed E-state index contributed by atoms with van der Waals surface area (Å²) in [6.07, 6.45) is 4.15. The maximum absolute atomic E-state index is 11.4. The monoisotopic (exact) mass is 207 g/mol. The lowest BCUT2D eigenvalue weighted by molar-refractivity contribution is -0.122. The van der Waals surface area contributed by atoms with Crippen LogP contribution in [-0.4, -0.2) is 16.9 Å². The fourth-order valence-electron chi connectivity index (χ4n) is 1.20. The molecule has 0 spiro atoms. The first kappa shape index (κ1) is 11.7. The molecule has 4 heteroatoms. The fraction of sp³-hybridized carbons (Fsp3) is 0.455. The third-order valence-corrected chi connectivity index (χ3v) is 2.37. The van der Waals surface area contributed by atoms with Gasteiger partial charge >= 0.3 is 0 Å². The molecule has 0 radical (unpaired) electrons. The summed E-state index contributed by atoms with van der Waals surface area (Å²) < 4.78 is 0. The Hall–Kier alpha value is -1.42. The molecule has 0 saturated carbocycles. The summed E-state index contributed by atoms with van der Waals surface area (Å²) in [6, 6.07) is 1.49. The highest BCUT2D eigenvalue weighted by atomic mass is 16.2.